The number of carbonyl (C=O) groups is 3. The quantitative estimate of drug-likeness (QED) is 0.740. The van der Waals surface area contributed by atoms with Crippen LogP contribution in [-0.2, 0) is 20.9 Å². The van der Waals surface area contributed by atoms with Crippen LogP contribution in [-0.4, -0.2) is 63.7 Å². The van der Waals surface area contributed by atoms with E-state index in [1.807, 2.05) is 4.90 Å². The van der Waals surface area contributed by atoms with Crippen molar-refractivity contribution in [1.29, 1.82) is 0 Å². The van der Waals surface area contributed by atoms with Gasteiger partial charge in [0.2, 0.25) is 17.7 Å². The fourth-order valence-electron chi connectivity index (χ4n) is 3.45. The van der Waals surface area contributed by atoms with Crippen LogP contribution in [0.3, 0.4) is 0 Å². The SMILES string of the molecule is O=C(NCc1ncc[nH]1)[C@H]1CCC(=O)N(CCCN2CCCC2=O)C1. The van der Waals surface area contributed by atoms with E-state index in [1.54, 1.807) is 17.3 Å². The monoisotopic (exact) mass is 347 g/mol. The third kappa shape index (κ3) is 4.58. The Bertz CT molecular complexity index is 616. The number of amides is 3. The molecule has 3 rings (SSSR count). The number of aromatic nitrogens is 2. The number of likely N-dealkylation sites (tertiary alicyclic amines) is 2. The van der Waals surface area contributed by atoms with E-state index >= 15 is 0 Å². The molecule has 8 nitrogen and oxygen atoms in total. The molecule has 2 saturated heterocycles. The van der Waals surface area contributed by atoms with Gasteiger partial charge in [0.1, 0.15) is 5.82 Å². The van der Waals surface area contributed by atoms with Crippen molar-refractivity contribution in [3.8, 4) is 0 Å². The largest absolute Gasteiger partial charge is 0.349 e. The molecule has 3 amide bonds. The first-order chi connectivity index (χ1) is 12.1. The Hall–Kier alpha value is -2.38. The maximum absolute atomic E-state index is 12.3. The van der Waals surface area contributed by atoms with Gasteiger partial charge < -0.3 is 20.1 Å². The van der Waals surface area contributed by atoms with Crippen molar-refractivity contribution in [3.05, 3.63) is 18.2 Å². The van der Waals surface area contributed by atoms with Gasteiger partial charge in [-0.15, -0.1) is 0 Å². The van der Waals surface area contributed by atoms with E-state index in [2.05, 4.69) is 15.3 Å². The smallest absolute Gasteiger partial charge is 0.225 e. The Kier molecular flexibility index (Phi) is 5.67. The van der Waals surface area contributed by atoms with Crippen molar-refractivity contribution in [2.45, 2.75) is 38.6 Å². The molecule has 136 valence electrons. The first-order valence-electron chi connectivity index (χ1n) is 8.95. The second-order valence-corrected chi connectivity index (χ2v) is 6.67. The zero-order valence-electron chi connectivity index (χ0n) is 14.4. The number of hydrogen-bond acceptors (Lipinski definition) is 4. The van der Waals surface area contributed by atoms with E-state index in [1.165, 1.54) is 0 Å². The van der Waals surface area contributed by atoms with Crippen molar-refractivity contribution in [2.75, 3.05) is 26.2 Å². The van der Waals surface area contributed by atoms with Gasteiger partial charge in [-0.3, -0.25) is 14.4 Å². The summed E-state index contributed by atoms with van der Waals surface area (Å²) in [7, 11) is 0. The highest BCUT2D eigenvalue weighted by molar-refractivity contribution is 5.83. The highest BCUT2D eigenvalue weighted by Gasteiger charge is 2.30. The molecule has 8 heteroatoms. The van der Waals surface area contributed by atoms with Crippen molar-refractivity contribution in [3.63, 3.8) is 0 Å². The molecule has 1 atom stereocenters. The second-order valence-electron chi connectivity index (χ2n) is 6.67. The Labute approximate surface area is 147 Å². The summed E-state index contributed by atoms with van der Waals surface area (Å²) in [4.78, 5) is 46.7. The molecule has 0 radical (unpaired) electrons. The number of carbonyl (C=O) groups excluding carboxylic acids is 3. The van der Waals surface area contributed by atoms with Gasteiger partial charge in [0.25, 0.3) is 0 Å². The third-order valence-electron chi connectivity index (χ3n) is 4.88. The Morgan fingerprint density at radius 3 is 2.76 bits per heavy atom. The summed E-state index contributed by atoms with van der Waals surface area (Å²) in [6.07, 6.45) is 6.69. The second kappa shape index (κ2) is 8.13. The molecular formula is C17H25N5O3. The lowest BCUT2D eigenvalue weighted by Gasteiger charge is -2.32. The number of piperidine rings is 1. The van der Waals surface area contributed by atoms with Crippen LogP contribution in [0.5, 0.6) is 0 Å². The number of aromatic amines is 1. The third-order valence-corrected chi connectivity index (χ3v) is 4.88. The summed E-state index contributed by atoms with van der Waals surface area (Å²) in [5.41, 5.74) is 0. The van der Waals surface area contributed by atoms with Gasteiger partial charge >= 0.3 is 0 Å². The predicted molar refractivity (Wildman–Crippen MR) is 90.2 cm³/mol. The van der Waals surface area contributed by atoms with E-state index in [9.17, 15) is 14.4 Å². The van der Waals surface area contributed by atoms with E-state index in [0.717, 1.165) is 19.4 Å². The molecular weight excluding hydrogens is 322 g/mol. The van der Waals surface area contributed by atoms with E-state index in [0.29, 0.717) is 51.3 Å². The van der Waals surface area contributed by atoms with Gasteiger partial charge in [0.15, 0.2) is 0 Å². The van der Waals surface area contributed by atoms with Crippen LogP contribution in [0.4, 0.5) is 0 Å². The lowest BCUT2D eigenvalue weighted by molar-refractivity contribution is -0.138. The minimum Gasteiger partial charge on any atom is -0.349 e. The van der Waals surface area contributed by atoms with Gasteiger partial charge in [0.05, 0.1) is 12.5 Å². The van der Waals surface area contributed by atoms with Crippen molar-refractivity contribution in [1.82, 2.24) is 25.1 Å². The molecule has 1 aromatic heterocycles. The van der Waals surface area contributed by atoms with Crippen LogP contribution in [0.2, 0.25) is 0 Å². The van der Waals surface area contributed by atoms with E-state index in [-0.39, 0.29) is 23.6 Å². The molecule has 0 spiro atoms. The lowest BCUT2D eigenvalue weighted by Crippen LogP contribution is -2.46. The topological polar surface area (TPSA) is 98.4 Å². The molecule has 2 aliphatic rings. The summed E-state index contributed by atoms with van der Waals surface area (Å²) >= 11 is 0. The van der Waals surface area contributed by atoms with Crippen molar-refractivity contribution >= 4 is 17.7 Å². The van der Waals surface area contributed by atoms with Gasteiger partial charge in [-0.2, -0.15) is 0 Å². The maximum Gasteiger partial charge on any atom is 0.225 e. The molecule has 1 aromatic rings. The zero-order valence-corrected chi connectivity index (χ0v) is 14.4. The summed E-state index contributed by atoms with van der Waals surface area (Å²) in [6.45, 7) is 2.94. The molecule has 2 aliphatic heterocycles. The average Bonchev–Trinajstić information content (AvgIpc) is 3.26. The van der Waals surface area contributed by atoms with Crippen molar-refractivity contribution < 1.29 is 14.4 Å². The van der Waals surface area contributed by atoms with Gasteiger partial charge in [-0.25, -0.2) is 4.98 Å². The summed E-state index contributed by atoms with van der Waals surface area (Å²) < 4.78 is 0. The molecule has 25 heavy (non-hydrogen) atoms. The Balaban J connectivity index is 1.43. The Morgan fingerprint density at radius 2 is 2.04 bits per heavy atom. The van der Waals surface area contributed by atoms with Crippen LogP contribution >= 0.6 is 0 Å². The van der Waals surface area contributed by atoms with Crippen LogP contribution in [0, 0.1) is 5.92 Å². The van der Waals surface area contributed by atoms with E-state index in [4.69, 9.17) is 0 Å². The fraction of sp³-hybridized carbons (Fsp3) is 0.647. The number of H-pyrrole nitrogens is 1. The normalized spacial score (nSPS) is 21.0. The summed E-state index contributed by atoms with van der Waals surface area (Å²) in [5, 5.41) is 2.87. The molecule has 2 N–H and O–H groups in total. The van der Waals surface area contributed by atoms with Crippen LogP contribution in [0.25, 0.3) is 0 Å². The lowest BCUT2D eigenvalue weighted by atomic mass is 9.96. The number of nitrogens with one attached hydrogen (secondary N) is 2. The number of nitrogens with zero attached hydrogens (tertiary/aromatic N) is 3. The standard InChI is InChI=1S/C17H25N5O3/c23-15-3-1-8-21(15)9-2-10-22-12-13(4-5-16(22)24)17(25)20-11-14-18-6-7-19-14/h6-7,13H,1-5,8-12H2,(H,18,19)(H,20,25)/t13-/m0/s1. The molecule has 3 heterocycles. The minimum absolute atomic E-state index is 0.0383. The predicted octanol–water partition coefficient (Wildman–Crippen LogP) is 0.277. The zero-order chi connectivity index (χ0) is 17.6. The highest BCUT2D eigenvalue weighted by atomic mass is 16.2. The summed E-state index contributed by atoms with van der Waals surface area (Å²) in [5.74, 6) is 0.806. The maximum atomic E-state index is 12.3. The van der Waals surface area contributed by atoms with Gasteiger partial charge in [-0.05, 0) is 19.3 Å². The number of hydrogen-bond donors (Lipinski definition) is 2. The van der Waals surface area contributed by atoms with Gasteiger partial charge in [0, 0.05) is 51.4 Å². The van der Waals surface area contributed by atoms with Crippen LogP contribution < -0.4 is 5.32 Å². The minimum atomic E-state index is -0.180. The average molecular weight is 347 g/mol. The van der Waals surface area contributed by atoms with Crippen LogP contribution in [0.1, 0.15) is 37.9 Å². The number of rotatable bonds is 7. The van der Waals surface area contributed by atoms with Gasteiger partial charge in [-0.1, -0.05) is 0 Å². The highest BCUT2D eigenvalue weighted by Crippen LogP contribution is 2.19. The summed E-state index contributed by atoms with van der Waals surface area (Å²) in [6, 6.07) is 0. The molecule has 0 unspecified atom stereocenters. The molecule has 0 saturated carbocycles. The van der Waals surface area contributed by atoms with Crippen molar-refractivity contribution in [2.24, 2.45) is 5.92 Å². The molecule has 2 fully saturated rings. The van der Waals surface area contributed by atoms with Crippen LogP contribution in [0.15, 0.2) is 12.4 Å². The van der Waals surface area contributed by atoms with E-state index < -0.39 is 0 Å². The molecule has 0 aromatic carbocycles. The Morgan fingerprint density at radius 1 is 1.24 bits per heavy atom. The first kappa shape index (κ1) is 17.4. The molecule has 0 bridgehead atoms. The number of imidazole rings is 1. The molecule has 0 aliphatic carbocycles. The fourth-order valence-corrected chi connectivity index (χ4v) is 3.45. The first-order valence-corrected chi connectivity index (χ1v) is 8.95.